The Hall–Kier alpha value is -2.26. The summed E-state index contributed by atoms with van der Waals surface area (Å²) >= 11 is 0. The molecule has 0 atom stereocenters. The fourth-order valence-corrected chi connectivity index (χ4v) is 4.84. The number of rotatable bonds is 6. The van der Waals surface area contributed by atoms with Crippen LogP contribution < -0.4 is 0 Å². The Morgan fingerprint density at radius 1 is 1.15 bits per heavy atom. The van der Waals surface area contributed by atoms with Gasteiger partial charge in [-0.3, -0.25) is 9.78 Å². The average molecular weight is 498 g/mol. The van der Waals surface area contributed by atoms with E-state index in [1.165, 1.54) is 13.3 Å². The highest BCUT2D eigenvalue weighted by molar-refractivity contribution is 6.74. The zero-order valence-corrected chi connectivity index (χ0v) is 21.3. The van der Waals surface area contributed by atoms with Gasteiger partial charge in [-0.2, -0.15) is 13.2 Å². The molecule has 1 heterocycles. The first kappa shape index (κ1) is 26.3. The smallest absolute Gasteiger partial charge is 0.433 e. The highest BCUT2D eigenvalue weighted by Gasteiger charge is 2.53. The summed E-state index contributed by atoms with van der Waals surface area (Å²) in [4.78, 5) is 16.0. The van der Waals surface area contributed by atoms with Crippen molar-refractivity contribution in [3.8, 4) is 11.1 Å². The number of pyridine rings is 1. The second-order valence-electron chi connectivity index (χ2n) is 10.4. The van der Waals surface area contributed by atoms with Gasteiger partial charge in [-0.15, -0.1) is 0 Å². The molecule has 9 heteroatoms. The molecule has 0 spiro atoms. The van der Waals surface area contributed by atoms with Crippen LogP contribution >= 0.6 is 0 Å². The molecule has 0 amide bonds. The largest absolute Gasteiger partial charge is 0.468 e. The first-order valence-corrected chi connectivity index (χ1v) is 14.0. The molecule has 0 N–H and O–H groups in total. The number of esters is 1. The van der Waals surface area contributed by atoms with Gasteiger partial charge in [0, 0.05) is 11.8 Å². The van der Waals surface area contributed by atoms with Crippen LogP contribution in [0.15, 0.2) is 36.5 Å². The molecule has 1 aromatic carbocycles. The summed E-state index contributed by atoms with van der Waals surface area (Å²) in [6, 6.07) is 7.87. The molecule has 0 radical (unpaired) electrons. The zero-order valence-electron chi connectivity index (χ0n) is 20.3. The zero-order chi connectivity index (χ0) is 25.5. The third kappa shape index (κ3) is 5.05. The molecule has 3 rings (SSSR count). The molecule has 186 valence electrons. The predicted molar refractivity (Wildman–Crippen MR) is 124 cm³/mol. The third-order valence-corrected chi connectivity index (χ3v) is 11.6. The number of hydrogen-bond donors (Lipinski definition) is 0. The highest BCUT2D eigenvalue weighted by Crippen LogP contribution is 2.47. The second-order valence-corrected chi connectivity index (χ2v) is 15.2. The second kappa shape index (κ2) is 9.07. The molecule has 34 heavy (non-hydrogen) atoms. The van der Waals surface area contributed by atoms with Crippen LogP contribution in [-0.4, -0.2) is 32.6 Å². The topological polar surface area (TPSA) is 48.4 Å². The first-order chi connectivity index (χ1) is 15.6. The molecule has 1 fully saturated rings. The van der Waals surface area contributed by atoms with Crippen molar-refractivity contribution < 1.29 is 31.5 Å². The van der Waals surface area contributed by atoms with E-state index in [1.54, 1.807) is 24.3 Å². The molecule has 1 aromatic heterocycles. The van der Waals surface area contributed by atoms with E-state index in [4.69, 9.17) is 9.16 Å². The monoisotopic (exact) mass is 497 g/mol. The van der Waals surface area contributed by atoms with Gasteiger partial charge in [-0.05, 0) is 53.7 Å². The van der Waals surface area contributed by atoms with Crippen molar-refractivity contribution >= 4 is 14.3 Å². The summed E-state index contributed by atoms with van der Waals surface area (Å²) in [7, 11) is -0.948. The lowest BCUT2D eigenvalue weighted by atomic mass is 9.63. The minimum atomic E-state index is -4.58. The van der Waals surface area contributed by atoms with Crippen molar-refractivity contribution in [1.29, 1.82) is 0 Å². The average Bonchev–Trinajstić information content (AvgIpc) is 2.73. The van der Waals surface area contributed by atoms with Gasteiger partial charge in [0.15, 0.2) is 8.32 Å². The number of carbonyl (C=O) groups excluding carboxylic acids is 1. The highest BCUT2D eigenvalue weighted by atomic mass is 28.4. The minimum absolute atomic E-state index is 0.0226. The quantitative estimate of drug-likeness (QED) is 0.249. The fourth-order valence-electron chi connectivity index (χ4n) is 3.89. The molecule has 0 unspecified atom stereocenters. The summed E-state index contributed by atoms with van der Waals surface area (Å²) < 4.78 is 64.9. The van der Waals surface area contributed by atoms with Crippen LogP contribution in [0.1, 0.15) is 50.4 Å². The summed E-state index contributed by atoms with van der Waals surface area (Å²) in [6.45, 7) is 10.3. The van der Waals surface area contributed by atoms with Gasteiger partial charge in [0.2, 0.25) is 0 Å². The van der Waals surface area contributed by atoms with Crippen LogP contribution in [0.2, 0.25) is 18.1 Å². The van der Waals surface area contributed by atoms with E-state index in [-0.39, 0.29) is 24.5 Å². The standard InChI is InChI=1S/C25H31F4NO3Si/c1-23(2,3)34(5,6)33-15-17-11-21(25(27,28)29)30-14-20(17)16-7-9-18(10-8-16)24(22(31)32-4)12-19(26)13-24/h7-11,14,19H,12-13,15H2,1-6H3. The van der Waals surface area contributed by atoms with Crippen LogP contribution in [0.3, 0.4) is 0 Å². The molecule has 4 nitrogen and oxygen atoms in total. The molecule has 1 saturated carbocycles. The van der Waals surface area contributed by atoms with Gasteiger partial charge in [0.05, 0.1) is 19.1 Å². The summed E-state index contributed by atoms with van der Waals surface area (Å²) in [5.41, 5.74) is 0.150. The number of ether oxygens (including phenoxy) is 1. The number of alkyl halides is 4. The third-order valence-electron chi connectivity index (χ3n) is 7.14. The van der Waals surface area contributed by atoms with Gasteiger partial charge in [-0.1, -0.05) is 45.0 Å². The minimum Gasteiger partial charge on any atom is -0.468 e. The number of aromatic nitrogens is 1. The van der Waals surface area contributed by atoms with Crippen molar-refractivity contribution in [2.24, 2.45) is 0 Å². The fraction of sp³-hybridized carbons (Fsp3) is 0.520. The van der Waals surface area contributed by atoms with Gasteiger partial charge in [-0.25, -0.2) is 4.39 Å². The van der Waals surface area contributed by atoms with Crippen molar-refractivity contribution in [1.82, 2.24) is 4.98 Å². The molecular weight excluding hydrogens is 466 g/mol. The number of methoxy groups -OCH3 is 1. The maximum atomic E-state index is 13.7. The first-order valence-electron chi connectivity index (χ1n) is 11.1. The van der Waals surface area contributed by atoms with Gasteiger partial charge < -0.3 is 9.16 Å². The maximum absolute atomic E-state index is 13.7. The van der Waals surface area contributed by atoms with Gasteiger partial charge >= 0.3 is 12.1 Å². The molecule has 0 saturated heterocycles. The number of nitrogens with zero attached hydrogens (tertiary/aromatic N) is 1. The van der Waals surface area contributed by atoms with E-state index >= 15 is 0 Å². The van der Waals surface area contributed by atoms with Crippen molar-refractivity contribution in [3.63, 3.8) is 0 Å². The van der Waals surface area contributed by atoms with E-state index < -0.39 is 37.7 Å². The molecule has 1 aliphatic rings. The van der Waals surface area contributed by atoms with E-state index in [0.29, 0.717) is 22.3 Å². The maximum Gasteiger partial charge on any atom is 0.433 e. The van der Waals surface area contributed by atoms with E-state index in [2.05, 4.69) is 25.8 Å². The molecule has 0 bridgehead atoms. The Morgan fingerprint density at radius 2 is 1.74 bits per heavy atom. The van der Waals surface area contributed by atoms with Gasteiger partial charge in [0.1, 0.15) is 11.9 Å². The van der Waals surface area contributed by atoms with E-state index in [9.17, 15) is 22.4 Å². The van der Waals surface area contributed by atoms with Crippen LogP contribution in [0.25, 0.3) is 11.1 Å². The Kier molecular flexibility index (Phi) is 7.03. The van der Waals surface area contributed by atoms with Crippen LogP contribution in [-0.2, 0) is 32.2 Å². The van der Waals surface area contributed by atoms with E-state index in [1.807, 2.05) is 13.1 Å². The Balaban J connectivity index is 1.98. The Morgan fingerprint density at radius 3 is 2.21 bits per heavy atom. The summed E-state index contributed by atoms with van der Waals surface area (Å²) in [6.07, 6.45) is -4.34. The number of hydrogen-bond acceptors (Lipinski definition) is 4. The SMILES string of the molecule is COC(=O)C1(c2ccc(-c3cnc(C(F)(F)F)cc3CO[Si](C)(C)C(C)(C)C)cc2)CC(F)C1. The molecule has 1 aliphatic carbocycles. The summed E-state index contributed by atoms with van der Waals surface area (Å²) in [5.74, 6) is -0.492. The normalized spacial score (nSPS) is 21.2. The predicted octanol–water partition coefficient (Wildman–Crippen LogP) is 6.83. The molecule has 0 aliphatic heterocycles. The van der Waals surface area contributed by atoms with Crippen LogP contribution in [0.4, 0.5) is 17.6 Å². The lowest BCUT2D eigenvalue weighted by Gasteiger charge is -2.41. The number of benzene rings is 1. The van der Waals surface area contributed by atoms with Crippen LogP contribution in [0.5, 0.6) is 0 Å². The van der Waals surface area contributed by atoms with Crippen LogP contribution in [0, 0.1) is 0 Å². The lowest BCUT2D eigenvalue weighted by molar-refractivity contribution is -0.154. The van der Waals surface area contributed by atoms with Crippen molar-refractivity contribution in [2.45, 2.75) is 76.1 Å². The number of carbonyl (C=O) groups is 1. The molecular formula is C25H31F4NO3Si. The number of halogens is 4. The summed E-state index contributed by atoms with van der Waals surface area (Å²) in [5, 5.41) is -0.103. The molecule has 2 aromatic rings. The Labute approximate surface area is 198 Å². The van der Waals surface area contributed by atoms with E-state index in [0.717, 1.165) is 6.07 Å². The Bertz CT molecular complexity index is 1040. The van der Waals surface area contributed by atoms with Crippen molar-refractivity contribution in [3.05, 3.63) is 53.3 Å². The van der Waals surface area contributed by atoms with Crippen molar-refractivity contribution in [2.75, 3.05) is 7.11 Å². The van der Waals surface area contributed by atoms with Gasteiger partial charge in [0.25, 0.3) is 0 Å². The lowest BCUT2D eigenvalue weighted by Crippen LogP contribution is -2.49.